The van der Waals surface area contributed by atoms with Crippen LogP contribution in [0.3, 0.4) is 0 Å². The number of aliphatic carboxylic acids is 2. The number of nitrogens with zero attached hydrogens (tertiary/aromatic N) is 2. The molecule has 0 bridgehead atoms. The molecule has 64 heavy (non-hydrogen) atoms. The largest absolute Gasteiger partial charge is 0.486 e. The van der Waals surface area contributed by atoms with Crippen LogP contribution in [-0.4, -0.2) is 72.2 Å². The summed E-state index contributed by atoms with van der Waals surface area (Å²) in [5, 5.41) is 18.0. The van der Waals surface area contributed by atoms with E-state index in [1.54, 1.807) is 16.8 Å². The van der Waals surface area contributed by atoms with E-state index < -0.39 is 11.9 Å². The molecule has 0 amide bonds. The first-order valence-electron chi connectivity index (χ1n) is 22.0. The highest BCUT2D eigenvalue weighted by Gasteiger charge is 2.18. The van der Waals surface area contributed by atoms with Crippen molar-refractivity contribution < 1.29 is 38.7 Å². The van der Waals surface area contributed by atoms with Crippen molar-refractivity contribution in [3.63, 3.8) is 0 Å². The van der Waals surface area contributed by atoms with E-state index in [0.29, 0.717) is 25.9 Å². The zero-order chi connectivity index (χ0) is 45.3. The van der Waals surface area contributed by atoms with Crippen LogP contribution in [0.4, 0.5) is 0 Å². The van der Waals surface area contributed by atoms with Crippen LogP contribution in [0.5, 0.6) is 34.5 Å². The van der Waals surface area contributed by atoms with Crippen LogP contribution >= 0.6 is 0 Å². The number of hydrogen-bond donors (Lipinski definition) is 2. The van der Waals surface area contributed by atoms with Crippen LogP contribution < -0.4 is 18.9 Å². The fourth-order valence-corrected chi connectivity index (χ4v) is 7.54. The number of rotatable bonds is 20. The zero-order valence-corrected chi connectivity index (χ0v) is 37.3. The van der Waals surface area contributed by atoms with Gasteiger partial charge in [0, 0.05) is 25.9 Å². The number of carbonyl (C=O) groups is 2. The van der Waals surface area contributed by atoms with Crippen LogP contribution in [0, 0.1) is 13.8 Å². The van der Waals surface area contributed by atoms with E-state index in [9.17, 15) is 9.59 Å². The molecule has 6 aromatic rings. The van der Waals surface area contributed by atoms with Gasteiger partial charge in [0.25, 0.3) is 0 Å². The summed E-state index contributed by atoms with van der Waals surface area (Å²) in [7, 11) is 3.61. The highest BCUT2D eigenvalue weighted by atomic mass is 16.5. The molecule has 334 valence electrons. The highest BCUT2D eigenvalue weighted by molar-refractivity contribution is 5.69. The summed E-state index contributed by atoms with van der Waals surface area (Å²) in [5.74, 6) is 3.02. The van der Waals surface area contributed by atoms with Crippen molar-refractivity contribution in [1.29, 1.82) is 0 Å². The first-order valence-corrected chi connectivity index (χ1v) is 22.0. The summed E-state index contributed by atoms with van der Waals surface area (Å²) in [6.45, 7) is 5.39. The van der Waals surface area contributed by atoms with E-state index in [4.69, 9.17) is 29.2 Å². The van der Waals surface area contributed by atoms with Crippen LogP contribution in [0.15, 0.2) is 146 Å². The number of hydrogen-bond acceptors (Lipinski definition) is 8. The van der Waals surface area contributed by atoms with E-state index in [2.05, 4.69) is 26.0 Å². The normalized spacial score (nSPS) is 12.9. The number of fused-ring (bicyclic) bond motifs is 1. The average molecular weight is 865 g/mol. The Bertz CT molecular complexity index is 2370. The molecule has 2 N–H and O–H groups in total. The fourth-order valence-electron chi connectivity index (χ4n) is 7.54. The van der Waals surface area contributed by atoms with E-state index >= 15 is 0 Å². The van der Waals surface area contributed by atoms with Gasteiger partial charge < -0.3 is 29.2 Å². The average Bonchev–Trinajstić information content (AvgIpc) is 3.29. The quantitative estimate of drug-likeness (QED) is 0.0768. The molecule has 0 radical (unpaired) electrons. The molecule has 1 aliphatic rings. The van der Waals surface area contributed by atoms with Crippen molar-refractivity contribution in [3.05, 3.63) is 179 Å². The molecule has 7 rings (SSSR count). The minimum Gasteiger partial charge on any atom is -0.486 e. The molecule has 1 aliphatic carbocycles. The maximum absolute atomic E-state index is 11.0. The lowest BCUT2D eigenvalue weighted by molar-refractivity contribution is -0.139. The smallest absolute Gasteiger partial charge is 0.317 e. The number of ether oxygens (including phenoxy) is 4. The molecule has 0 saturated carbocycles. The van der Waals surface area contributed by atoms with Gasteiger partial charge in [-0.3, -0.25) is 19.4 Å². The van der Waals surface area contributed by atoms with Crippen LogP contribution in [0.25, 0.3) is 0 Å². The van der Waals surface area contributed by atoms with Crippen LogP contribution in [0.1, 0.15) is 71.3 Å². The Labute approximate surface area is 377 Å². The predicted molar refractivity (Wildman–Crippen MR) is 251 cm³/mol. The highest BCUT2D eigenvalue weighted by Crippen LogP contribution is 2.32. The SMILES string of the molecule is CN(CCC(Oc1ccc(Oc2ccc3c(c2)CCCC3)cc1)c1ccccc1)CC(=O)O.Cc1ccc(Oc2ccc(OC(CCN(C)CC(=O)O)c3ccccc3)cc2)cc1C. The fraction of sp³-hybridized carbons (Fsp3) is 0.296. The summed E-state index contributed by atoms with van der Waals surface area (Å²) < 4.78 is 24.6. The van der Waals surface area contributed by atoms with Gasteiger partial charge in [-0.25, -0.2) is 0 Å². The first kappa shape index (κ1) is 46.9. The third-order valence-electron chi connectivity index (χ3n) is 11.2. The van der Waals surface area contributed by atoms with E-state index in [0.717, 1.165) is 58.5 Å². The molecule has 10 heteroatoms. The van der Waals surface area contributed by atoms with Gasteiger partial charge in [-0.1, -0.05) is 72.8 Å². The molecular formula is C54H60N2O8. The molecule has 0 spiro atoms. The van der Waals surface area contributed by atoms with E-state index in [1.807, 2.05) is 141 Å². The summed E-state index contributed by atoms with van der Waals surface area (Å²) in [6, 6.07) is 47.7. The van der Waals surface area contributed by atoms with Crippen LogP contribution in [-0.2, 0) is 22.4 Å². The minimum absolute atomic E-state index is 0.00598. The number of likely N-dealkylation sites (N-methyl/N-ethyl adjacent to an activating group) is 2. The lowest BCUT2D eigenvalue weighted by atomic mass is 9.92. The lowest BCUT2D eigenvalue weighted by Crippen LogP contribution is -2.28. The van der Waals surface area contributed by atoms with Crippen molar-refractivity contribution in [2.45, 2.75) is 64.6 Å². The Morgan fingerprint density at radius 2 is 0.906 bits per heavy atom. The number of carboxylic acid groups (broad SMARTS) is 2. The summed E-state index contributed by atoms with van der Waals surface area (Å²) in [5.41, 5.74) is 7.39. The second-order valence-corrected chi connectivity index (χ2v) is 16.4. The van der Waals surface area contributed by atoms with Gasteiger partial charge in [0.2, 0.25) is 0 Å². The zero-order valence-electron chi connectivity index (χ0n) is 37.3. The van der Waals surface area contributed by atoms with Gasteiger partial charge in [0.15, 0.2) is 0 Å². The van der Waals surface area contributed by atoms with Gasteiger partial charge in [-0.05, 0) is 160 Å². The maximum atomic E-state index is 11.0. The van der Waals surface area contributed by atoms with Gasteiger partial charge in [-0.2, -0.15) is 0 Å². The second kappa shape index (κ2) is 23.7. The number of aryl methyl sites for hydroxylation is 4. The maximum Gasteiger partial charge on any atom is 0.317 e. The Kier molecular flexibility index (Phi) is 17.4. The Morgan fingerprint density at radius 3 is 1.36 bits per heavy atom. The van der Waals surface area contributed by atoms with E-state index in [-0.39, 0.29) is 25.3 Å². The van der Waals surface area contributed by atoms with Crippen molar-refractivity contribution in [1.82, 2.24) is 9.80 Å². The van der Waals surface area contributed by atoms with Crippen LogP contribution in [0.2, 0.25) is 0 Å². The molecule has 2 atom stereocenters. The Hall–Kier alpha value is -6.62. The molecule has 0 aliphatic heterocycles. The molecule has 0 fully saturated rings. The summed E-state index contributed by atoms with van der Waals surface area (Å²) in [6.07, 6.45) is 5.82. The third kappa shape index (κ3) is 15.0. The van der Waals surface area contributed by atoms with Gasteiger partial charge in [0.1, 0.15) is 46.7 Å². The van der Waals surface area contributed by atoms with Gasteiger partial charge in [-0.15, -0.1) is 0 Å². The Balaban J connectivity index is 0.000000213. The van der Waals surface area contributed by atoms with Crippen molar-refractivity contribution in [3.8, 4) is 34.5 Å². The molecule has 6 aromatic carbocycles. The molecular weight excluding hydrogens is 805 g/mol. The van der Waals surface area contributed by atoms with Crippen molar-refractivity contribution in [2.24, 2.45) is 0 Å². The number of carboxylic acids is 2. The van der Waals surface area contributed by atoms with Crippen molar-refractivity contribution in [2.75, 3.05) is 40.3 Å². The van der Waals surface area contributed by atoms with Crippen molar-refractivity contribution >= 4 is 11.9 Å². The topological polar surface area (TPSA) is 118 Å². The van der Waals surface area contributed by atoms with Gasteiger partial charge in [0.05, 0.1) is 13.1 Å². The third-order valence-corrected chi connectivity index (χ3v) is 11.2. The predicted octanol–water partition coefficient (Wildman–Crippen LogP) is 11.5. The summed E-state index contributed by atoms with van der Waals surface area (Å²) >= 11 is 0. The molecule has 2 unspecified atom stereocenters. The summed E-state index contributed by atoms with van der Waals surface area (Å²) in [4.78, 5) is 25.5. The minimum atomic E-state index is -0.834. The molecule has 10 nitrogen and oxygen atoms in total. The first-order chi connectivity index (χ1) is 31.0. The molecule has 0 heterocycles. The monoisotopic (exact) mass is 864 g/mol. The lowest BCUT2D eigenvalue weighted by Gasteiger charge is -2.22. The second-order valence-electron chi connectivity index (χ2n) is 16.4. The van der Waals surface area contributed by atoms with Gasteiger partial charge >= 0.3 is 11.9 Å². The number of benzene rings is 6. The molecule has 0 aromatic heterocycles. The molecule has 0 saturated heterocycles. The van der Waals surface area contributed by atoms with E-state index in [1.165, 1.54) is 35.1 Å². The Morgan fingerprint density at radius 1 is 0.500 bits per heavy atom. The standard InChI is InChI=1S/C28H31NO4.C26H29NO4/c1-29(20-28(30)31)18-17-27(22-8-3-2-4-9-22)33-25-15-13-24(14-16-25)32-26-12-11-21-7-5-6-10-23(21)19-26;1-19-9-10-24(17-20(19)2)30-22-11-13-23(14-12-22)31-25(21-7-5-4-6-8-21)15-16-27(3)18-26(28)29/h2-4,8-9,11-16,19,27H,5-7,10,17-18,20H2,1H3,(H,30,31);4-14,17,25H,15-16,18H2,1-3H3,(H,28,29).